The number of aryl methyl sites for hydroxylation is 1. The van der Waals surface area contributed by atoms with Crippen LogP contribution in [0.5, 0.6) is 5.75 Å². The molecule has 0 aliphatic rings. The molecule has 0 atom stereocenters. The molecule has 2 rings (SSSR count). The van der Waals surface area contributed by atoms with Crippen LogP contribution in [0.15, 0.2) is 34.9 Å². The number of nitrogens with one attached hydrogen (secondary N) is 1. The standard InChI is InChI=1S/C13H14N2O3/c1-8-4-5-18-12(8)13(17)15-7-9-6-10(14)2-3-11(9)16/h2-6,16H,7,14H2,1H3,(H,15,17). The second kappa shape index (κ2) is 4.83. The molecule has 0 radical (unpaired) electrons. The number of anilines is 1. The van der Waals surface area contributed by atoms with Crippen molar-refractivity contribution in [3.8, 4) is 5.75 Å². The molecule has 0 unspecified atom stereocenters. The van der Waals surface area contributed by atoms with E-state index in [-0.39, 0.29) is 24.0 Å². The van der Waals surface area contributed by atoms with E-state index in [0.717, 1.165) is 5.56 Å². The summed E-state index contributed by atoms with van der Waals surface area (Å²) in [6.07, 6.45) is 1.46. The van der Waals surface area contributed by atoms with Crippen LogP contribution in [0.4, 0.5) is 5.69 Å². The van der Waals surface area contributed by atoms with Gasteiger partial charge in [0, 0.05) is 23.4 Å². The molecule has 0 aliphatic carbocycles. The van der Waals surface area contributed by atoms with Gasteiger partial charge in [-0.2, -0.15) is 0 Å². The molecule has 1 amide bonds. The molecule has 1 heterocycles. The summed E-state index contributed by atoms with van der Waals surface area (Å²) >= 11 is 0. The third-order valence-electron chi connectivity index (χ3n) is 2.61. The van der Waals surface area contributed by atoms with Crippen LogP contribution in [-0.2, 0) is 6.54 Å². The first-order valence-electron chi connectivity index (χ1n) is 5.47. The van der Waals surface area contributed by atoms with Gasteiger partial charge >= 0.3 is 0 Å². The number of hydrogen-bond donors (Lipinski definition) is 3. The number of amides is 1. The maximum absolute atomic E-state index is 11.8. The number of nitrogens with two attached hydrogens (primary N) is 1. The monoisotopic (exact) mass is 246 g/mol. The van der Waals surface area contributed by atoms with Crippen molar-refractivity contribution in [2.75, 3.05) is 5.73 Å². The summed E-state index contributed by atoms with van der Waals surface area (Å²) in [5.74, 6) is 0.0541. The minimum absolute atomic E-state index is 0.0978. The minimum atomic E-state index is -0.320. The van der Waals surface area contributed by atoms with E-state index >= 15 is 0 Å². The molecular formula is C13H14N2O3. The van der Waals surface area contributed by atoms with Gasteiger partial charge in [-0.1, -0.05) is 0 Å². The van der Waals surface area contributed by atoms with Crippen LogP contribution in [0.1, 0.15) is 21.7 Å². The lowest BCUT2D eigenvalue weighted by Gasteiger charge is -2.07. The van der Waals surface area contributed by atoms with Gasteiger partial charge in [-0.25, -0.2) is 0 Å². The summed E-state index contributed by atoms with van der Waals surface area (Å²) < 4.78 is 5.07. The summed E-state index contributed by atoms with van der Waals surface area (Å²) in [6.45, 7) is 1.98. The van der Waals surface area contributed by atoms with E-state index in [0.29, 0.717) is 11.3 Å². The minimum Gasteiger partial charge on any atom is -0.508 e. The van der Waals surface area contributed by atoms with Crippen molar-refractivity contribution in [2.24, 2.45) is 0 Å². The first kappa shape index (κ1) is 12.0. The quantitative estimate of drug-likeness (QED) is 0.569. The Bertz CT molecular complexity index is 575. The molecule has 0 aliphatic heterocycles. The molecule has 5 heteroatoms. The maximum atomic E-state index is 11.8. The summed E-state index contributed by atoms with van der Waals surface area (Å²) in [7, 11) is 0. The third kappa shape index (κ3) is 2.45. The van der Waals surface area contributed by atoms with Crippen LogP contribution in [-0.4, -0.2) is 11.0 Å². The molecule has 4 N–H and O–H groups in total. The first-order valence-corrected chi connectivity index (χ1v) is 5.47. The molecule has 0 saturated heterocycles. The normalized spacial score (nSPS) is 10.3. The Morgan fingerprint density at radius 2 is 2.22 bits per heavy atom. The van der Waals surface area contributed by atoms with Crippen molar-refractivity contribution in [1.29, 1.82) is 0 Å². The average molecular weight is 246 g/mol. The SMILES string of the molecule is Cc1ccoc1C(=O)NCc1cc(N)ccc1O. The third-order valence-corrected chi connectivity index (χ3v) is 2.61. The maximum Gasteiger partial charge on any atom is 0.287 e. The lowest BCUT2D eigenvalue weighted by molar-refractivity contribution is 0.0922. The number of carbonyl (C=O) groups excluding carboxylic acids is 1. The number of nitrogen functional groups attached to an aromatic ring is 1. The van der Waals surface area contributed by atoms with Gasteiger partial charge in [0.15, 0.2) is 5.76 Å². The molecule has 0 fully saturated rings. The van der Waals surface area contributed by atoms with E-state index < -0.39 is 0 Å². The number of hydrogen-bond acceptors (Lipinski definition) is 4. The highest BCUT2D eigenvalue weighted by Crippen LogP contribution is 2.19. The number of phenols is 1. The second-order valence-electron chi connectivity index (χ2n) is 4.00. The van der Waals surface area contributed by atoms with Crippen LogP contribution >= 0.6 is 0 Å². The van der Waals surface area contributed by atoms with Gasteiger partial charge in [-0.3, -0.25) is 4.79 Å². The Kier molecular flexibility index (Phi) is 3.23. The van der Waals surface area contributed by atoms with Crippen LogP contribution in [0.2, 0.25) is 0 Å². The van der Waals surface area contributed by atoms with Crippen LogP contribution < -0.4 is 11.1 Å². The van der Waals surface area contributed by atoms with E-state index in [1.54, 1.807) is 25.1 Å². The van der Waals surface area contributed by atoms with Gasteiger partial charge in [0.05, 0.1) is 6.26 Å². The van der Waals surface area contributed by atoms with Crippen LogP contribution in [0, 0.1) is 6.92 Å². The highest BCUT2D eigenvalue weighted by atomic mass is 16.3. The van der Waals surface area contributed by atoms with Crippen LogP contribution in [0.3, 0.4) is 0 Å². The van der Waals surface area contributed by atoms with Crippen molar-refractivity contribution in [2.45, 2.75) is 13.5 Å². The Morgan fingerprint density at radius 1 is 1.44 bits per heavy atom. The highest BCUT2D eigenvalue weighted by Gasteiger charge is 2.12. The second-order valence-corrected chi connectivity index (χ2v) is 4.00. The summed E-state index contributed by atoms with van der Waals surface area (Å²) in [4.78, 5) is 11.8. The molecule has 0 saturated carbocycles. The fourth-order valence-corrected chi connectivity index (χ4v) is 1.61. The molecule has 0 bridgehead atoms. The lowest BCUT2D eigenvalue weighted by Crippen LogP contribution is -2.23. The van der Waals surface area contributed by atoms with Crippen molar-refractivity contribution in [1.82, 2.24) is 5.32 Å². The number of benzene rings is 1. The van der Waals surface area contributed by atoms with Gasteiger partial charge < -0.3 is 20.6 Å². The number of carbonyl (C=O) groups is 1. The van der Waals surface area contributed by atoms with E-state index in [9.17, 15) is 9.90 Å². The van der Waals surface area contributed by atoms with Crippen molar-refractivity contribution < 1.29 is 14.3 Å². The summed E-state index contributed by atoms with van der Waals surface area (Å²) in [6, 6.07) is 6.42. The van der Waals surface area contributed by atoms with E-state index in [2.05, 4.69) is 5.32 Å². The number of rotatable bonds is 3. The smallest absolute Gasteiger partial charge is 0.287 e. The van der Waals surface area contributed by atoms with E-state index in [1.807, 2.05) is 0 Å². The Labute approximate surface area is 104 Å². The van der Waals surface area contributed by atoms with Gasteiger partial charge in [-0.05, 0) is 31.2 Å². The molecule has 94 valence electrons. The van der Waals surface area contributed by atoms with E-state index in [1.165, 1.54) is 12.3 Å². The Balaban J connectivity index is 2.06. The zero-order chi connectivity index (χ0) is 13.1. The van der Waals surface area contributed by atoms with E-state index in [4.69, 9.17) is 10.2 Å². The zero-order valence-corrected chi connectivity index (χ0v) is 9.93. The summed E-state index contributed by atoms with van der Waals surface area (Å²) in [5.41, 5.74) is 7.47. The molecular weight excluding hydrogens is 232 g/mol. The first-order chi connectivity index (χ1) is 8.58. The van der Waals surface area contributed by atoms with Crippen LogP contribution in [0.25, 0.3) is 0 Å². The Morgan fingerprint density at radius 3 is 2.89 bits per heavy atom. The molecule has 0 spiro atoms. The number of furan rings is 1. The Hall–Kier alpha value is -2.43. The molecule has 1 aromatic heterocycles. The fraction of sp³-hybridized carbons (Fsp3) is 0.154. The molecule has 2 aromatic rings. The fourth-order valence-electron chi connectivity index (χ4n) is 1.61. The van der Waals surface area contributed by atoms with Gasteiger partial charge in [0.2, 0.25) is 0 Å². The zero-order valence-electron chi connectivity index (χ0n) is 9.93. The average Bonchev–Trinajstić information content (AvgIpc) is 2.76. The predicted octanol–water partition coefficient (Wildman–Crippen LogP) is 1.81. The molecule has 5 nitrogen and oxygen atoms in total. The predicted molar refractivity (Wildman–Crippen MR) is 67.1 cm³/mol. The number of aromatic hydroxyl groups is 1. The largest absolute Gasteiger partial charge is 0.508 e. The molecule has 1 aromatic carbocycles. The van der Waals surface area contributed by atoms with Gasteiger partial charge in [0.25, 0.3) is 5.91 Å². The molecule has 18 heavy (non-hydrogen) atoms. The highest BCUT2D eigenvalue weighted by molar-refractivity contribution is 5.92. The topological polar surface area (TPSA) is 88.5 Å². The number of phenolic OH excluding ortho intramolecular Hbond substituents is 1. The summed E-state index contributed by atoms with van der Waals surface area (Å²) in [5, 5.41) is 12.3. The van der Waals surface area contributed by atoms with Gasteiger partial charge in [-0.15, -0.1) is 0 Å². The van der Waals surface area contributed by atoms with Crippen molar-refractivity contribution in [3.63, 3.8) is 0 Å². The van der Waals surface area contributed by atoms with Crippen molar-refractivity contribution >= 4 is 11.6 Å². The lowest BCUT2D eigenvalue weighted by atomic mass is 10.1. The van der Waals surface area contributed by atoms with Crippen molar-refractivity contribution in [3.05, 3.63) is 47.4 Å². The van der Waals surface area contributed by atoms with Gasteiger partial charge in [0.1, 0.15) is 5.75 Å².